The van der Waals surface area contributed by atoms with Gasteiger partial charge in [0.25, 0.3) is 0 Å². The van der Waals surface area contributed by atoms with E-state index >= 15 is 0 Å². The van der Waals surface area contributed by atoms with Gasteiger partial charge in [0.05, 0.1) is 22.4 Å². The number of fused-ring (bicyclic) bond motifs is 1. The monoisotopic (exact) mass is 562 g/mol. The van der Waals surface area contributed by atoms with Crippen molar-refractivity contribution in [1.82, 2.24) is 14.7 Å². The molecule has 0 aliphatic carbocycles. The van der Waals surface area contributed by atoms with Crippen molar-refractivity contribution in [3.05, 3.63) is 87.1 Å². The zero-order valence-corrected chi connectivity index (χ0v) is 23.4. The van der Waals surface area contributed by atoms with Gasteiger partial charge in [-0.3, -0.25) is 14.5 Å². The van der Waals surface area contributed by atoms with E-state index in [1.54, 1.807) is 28.0 Å². The van der Waals surface area contributed by atoms with Gasteiger partial charge in [-0.25, -0.2) is 4.68 Å². The largest absolute Gasteiger partial charge is 0.341 e. The van der Waals surface area contributed by atoms with Crippen molar-refractivity contribution in [3.63, 3.8) is 0 Å². The molecule has 0 spiro atoms. The normalized spacial score (nSPS) is 17.5. The van der Waals surface area contributed by atoms with Gasteiger partial charge in [-0.1, -0.05) is 47.5 Å². The summed E-state index contributed by atoms with van der Waals surface area (Å²) in [6.45, 7) is 3.53. The molecule has 0 saturated carbocycles. The first kappa shape index (κ1) is 25.2. The molecule has 0 N–H and O–H groups in total. The lowest BCUT2D eigenvalue weighted by Gasteiger charge is -2.25. The van der Waals surface area contributed by atoms with Crippen molar-refractivity contribution in [2.45, 2.75) is 25.0 Å². The summed E-state index contributed by atoms with van der Waals surface area (Å²) < 4.78 is 1.85. The smallest absolute Gasteiger partial charge is 0.242 e. The third-order valence-corrected chi connectivity index (χ3v) is 9.61. The molecule has 6 rings (SSSR count). The summed E-state index contributed by atoms with van der Waals surface area (Å²) >= 11 is 9.50. The summed E-state index contributed by atoms with van der Waals surface area (Å²) in [7, 11) is 0. The van der Waals surface area contributed by atoms with Crippen molar-refractivity contribution in [2.75, 3.05) is 30.3 Å². The van der Waals surface area contributed by atoms with E-state index < -0.39 is 0 Å². The molecule has 1 fully saturated rings. The van der Waals surface area contributed by atoms with Crippen molar-refractivity contribution in [3.8, 4) is 16.9 Å². The van der Waals surface area contributed by atoms with Crippen LogP contribution in [0, 0.1) is 6.92 Å². The van der Waals surface area contributed by atoms with Gasteiger partial charge >= 0.3 is 0 Å². The maximum Gasteiger partial charge on any atom is 0.242 e. The van der Waals surface area contributed by atoms with Crippen LogP contribution >= 0.6 is 34.7 Å². The Hall–Kier alpha value is -3.07. The molecule has 9 heteroatoms. The topological polar surface area (TPSA) is 58.4 Å². The number of thioether (sulfide) groups is 1. The van der Waals surface area contributed by atoms with Crippen molar-refractivity contribution in [1.29, 1.82) is 0 Å². The fourth-order valence-corrected chi connectivity index (χ4v) is 7.37. The maximum atomic E-state index is 13.7. The molecule has 2 aliphatic rings. The number of nitrogens with zero attached hydrogens (tertiary/aromatic N) is 4. The Morgan fingerprint density at radius 2 is 1.79 bits per heavy atom. The van der Waals surface area contributed by atoms with Crippen molar-refractivity contribution < 1.29 is 9.59 Å². The number of aromatic nitrogens is 2. The average molecular weight is 563 g/mol. The van der Waals surface area contributed by atoms with Crippen LogP contribution in [0.2, 0.25) is 5.02 Å². The van der Waals surface area contributed by atoms with Gasteiger partial charge in [-0.2, -0.15) is 5.10 Å². The molecule has 0 bridgehead atoms. The molecular weight excluding hydrogens is 536 g/mol. The Labute approximate surface area is 235 Å². The summed E-state index contributed by atoms with van der Waals surface area (Å²) in [5.41, 5.74) is 4.63. The van der Waals surface area contributed by atoms with E-state index in [9.17, 15) is 9.59 Å². The van der Waals surface area contributed by atoms with Crippen LogP contribution in [0.15, 0.2) is 66.0 Å². The summed E-state index contributed by atoms with van der Waals surface area (Å²) in [5.74, 6) is 0.836. The number of amides is 2. The lowest BCUT2D eigenvalue weighted by Crippen LogP contribution is -2.43. The number of carbonyl (C=O) groups is 2. The second-order valence-corrected chi connectivity index (χ2v) is 12.1. The quantitative estimate of drug-likeness (QED) is 0.284. The van der Waals surface area contributed by atoms with Gasteiger partial charge < -0.3 is 4.90 Å². The number of hydrogen-bond acceptors (Lipinski definition) is 5. The third-order valence-electron chi connectivity index (χ3n) is 7.04. The van der Waals surface area contributed by atoms with Gasteiger partial charge in [0.2, 0.25) is 11.8 Å². The number of thiophene rings is 1. The molecule has 4 heterocycles. The molecule has 38 heavy (non-hydrogen) atoms. The zero-order valence-electron chi connectivity index (χ0n) is 21.0. The van der Waals surface area contributed by atoms with Gasteiger partial charge in [-0.05, 0) is 55.5 Å². The Morgan fingerprint density at radius 1 is 1.05 bits per heavy atom. The summed E-state index contributed by atoms with van der Waals surface area (Å²) in [4.78, 5) is 31.8. The second-order valence-electron chi connectivity index (χ2n) is 9.61. The van der Waals surface area contributed by atoms with Crippen LogP contribution in [0.1, 0.15) is 34.1 Å². The molecule has 1 unspecified atom stereocenters. The Balaban J connectivity index is 1.59. The molecule has 1 atom stereocenters. The second kappa shape index (κ2) is 10.6. The average Bonchev–Trinajstić information content (AvgIpc) is 3.69. The Kier molecular flexibility index (Phi) is 7.03. The lowest BCUT2D eigenvalue weighted by atomic mass is 10.0. The SMILES string of the molecule is Cc1ccc(-n2nc(-c3ccc(Cl)cc3)c3c2N(CC(=O)N2CCCC2)C(=O)CSC3c2cccs2)cc1. The predicted octanol–water partition coefficient (Wildman–Crippen LogP) is 6.35. The zero-order chi connectivity index (χ0) is 26.2. The van der Waals surface area contributed by atoms with E-state index in [1.165, 1.54) is 0 Å². The molecule has 4 aromatic rings. The van der Waals surface area contributed by atoms with Gasteiger partial charge in [0.1, 0.15) is 12.4 Å². The van der Waals surface area contributed by atoms with Crippen LogP contribution in [0.25, 0.3) is 16.9 Å². The van der Waals surface area contributed by atoms with E-state index in [-0.39, 0.29) is 29.4 Å². The first-order valence-corrected chi connectivity index (χ1v) is 15.0. The highest BCUT2D eigenvalue weighted by Crippen LogP contribution is 2.49. The summed E-state index contributed by atoms with van der Waals surface area (Å²) in [6, 6.07) is 19.9. The van der Waals surface area contributed by atoms with Gasteiger partial charge in [-0.15, -0.1) is 23.1 Å². The van der Waals surface area contributed by atoms with Crippen LogP contribution in [0.3, 0.4) is 0 Å². The highest BCUT2D eigenvalue weighted by Gasteiger charge is 2.38. The van der Waals surface area contributed by atoms with E-state index in [2.05, 4.69) is 11.4 Å². The van der Waals surface area contributed by atoms with Crippen LogP contribution in [-0.2, 0) is 9.59 Å². The number of carbonyl (C=O) groups excluding carboxylic acids is 2. The molecule has 2 aromatic heterocycles. The molecule has 194 valence electrons. The predicted molar refractivity (Wildman–Crippen MR) is 156 cm³/mol. The Bertz CT molecular complexity index is 1460. The minimum atomic E-state index is -0.106. The van der Waals surface area contributed by atoms with Crippen LogP contribution in [-0.4, -0.2) is 51.9 Å². The number of halogens is 1. The number of rotatable bonds is 5. The fraction of sp³-hybridized carbons (Fsp3) is 0.276. The molecule has 1 saturated heterocycles. The standard InChI is InChI=1S/C29H27ClN4O2S2/c1-19-6-12-22(13-7-19)34-29-26(27(31-34)20-8-10-21(30)11-9-20)28(23-5-4-16-37-23)38-18-25(36)33(29)17-24(35)32-14-2-3-15-32/h4-13,16,28H,2-3,14-15,17-18H2,1H3. The lowest BCUT2D eigenvalue weighted by molar-refractivity contribution is -0.130. The molecule has 6 nitrogen and oxygen atoms in total. The van der Waals surface area contributed by atoms with E-state index in [0.717, 1.165) is 58.9 Å². The molecule has 2 aromatic carbocycles. The van der Waals surface area contributed by atoms with Crippen LogP contribution < -0.4 is 4.90 Å². The highest BCUT2D eigenvalue weighted by atomic mass is 35.5. The first-order valence-electron chi connectivity index (χ1n) is 12.7. The molecule has 2 aliphatic heterocycles. The number of likely N-dealkylation sites (tertiary alicyclic amines) is 1. The number of hydrogen-bond donors (Lipinski definition) is 0. The van der Waals surface area contributed by atoms with Crippen LogP contribution in [0.4, 0.5) is 5.82 Å². The third kappa shape index (κ3) is 4.77. The number of anilines is 1. The summed E-state index contributed by atoms with van der Waals surface area (Å²) in [6.07, 6.45) is 2.01. The van der Waals surface area contributed by atoms with Gasteiger partial charge in [0, 0.05) is 34.1 Å². The molecule has 2 amide bonds. The maximum absolute atomic E-state index is 13.7. The molecular formula is C29H27ClN4O2S2. The van der Waals surface area contributed by atoms with Crippen LogP contribution in [0.5, 0.6) is 0 Å². The fourth-order valence-electron chi connectivity index (χ4n) is 5.07. The Morgan fingerprint density at radius 3 is 2.47 bits per heavy atom. The number of aryl methyl sites for hydroxylation is 1. The van der Waals surface area contributed by atoms with Gasteiger partial charge in [0.15, 0.2) is 0 Å². The minimum absolute atomic E-state index is 0.00116. The van der Waals surface area contributed by atoms with E-state index in [0.29, 0.717) is 10.8 Å². The van der Waals surface area contributed by atoms with Crippen molar-refractivity contribution in [2.24, 2.45) is 0 Å². The van der Waals surface area contributed by atoms with E-state index in [1.807, 2.05) is 71.1 Å². The van der Waals surface area contributed by atoms with Crippen molar-refractivity contribution >= 4 is 52.3 Å². The molecule has 0 radical (unpaired) electrons. The highest BCUT2D eigenvalue weighted by molar-refractivity contribution is 8.00. The summed E-state index contributed by atoms with van der Waals surface area (Å²) in [5, 5.41) is 7.73. The first-order chi connectivity index (χ1) is 18.5. The van der Waals surface area contributed by atoms with E-state index in [4.69, 9.17) is 16.7 Å². The number of benzene rings is 2. The minimum Gasteiger partial charge on any atom is -0.341 e.